The number of sulfone groups is 1. The maximum atomic E-state index is 12.4. The fourth-order valence-corrected chi connectivity index (χ4v) is 3.33. The van der Waals surface area contributed by atoms with Gasteiger partial charge in [0.1, 0.15) is 5.54 Å². The topological polar surface area (TPSA) is 92.3 Å². The molecule has 2 aliphatic rings. The van der Waals surface area contributed by atoms with Gasteiger partial charge < -0.3 is 5.32 Å². The minimum Gasteiger partial charge on any atom is -0.323 e. The van der Waals surface area contributed by atoms with Gasteiger partial charge in [-0.1, -0.05) is 12.1 Å². The van der Waals surface area contributed by atoms with Crippen molar-refractivity contribution in [2.24, 2.45) is 0 Å². The van der Waals surface area contributed by atoms with Crippen LogP contribution in [0.1, 0.15) is 17.9 Å². The quantitative estimate of drug-likeness (QED) is 0.791. The molecule has 2 N–H and O–H groups in total. The van der Waals surface area contributed by atoms with Crippen LogP contribution in [0, 0.1) is 0 Å². The SMILES string of the molecule is O=C1NC(=O)C2(CC2c2ccc(S(=O)(=O)C(F)(F)F)cc2)N1. The highest BCUT2D eigenvalue weighted by atomic mass is 32.2. The second-order valence-corrected chi connectivity index (χ2v) is 7.10. The molecule has 1 aliphatic carbocycles. The number of halogens is 3. The summed E-state index contributed by atoms with van der Waals surface area (Å²) >= 11 is 0. The minimum atomic E-state index is -5.39. The summed E-state index contributed by atoms with van der Waals surface area (Å²) in [4.78, 5) is 21.9. The summed E-state index contributed by atoms with van der Waals surface area (Å²) in [6, 6.07) is 3.51. The Balaban J connectivity index is 1.86. The molecule has 0 radical (unpaired) electrons. The van der Waals surface area contributed by atoms with Gasteiger partial charge in [0, 0.05) is 5.92 Å². The lowest BCUT2D eigenvalue weighted by molar-refractivity contribution is -0.121. The van der Waals surface area contributed by atoms with E-state index in [-0.39, 0.29) is 5.92 Å². The Morgan fingerprint density at radius 1 is 1.14 bits per heavy atom. The molecule has 6 nitrogen and oxygen atoms in total. The lowest BCUT2D eigenvalue weighted by Gasteiger charge is -2.10. The zero-order valence-corrected chi connectivity index (χ0v) is 11.6. The van der Waals surface area contributed by atoms with Gasteiger partial charge in [-0.15, -0.1) is 0 Å². The van der Waals surface area contributed by atoms with E-state index in [4.69, 9.17) is 0 Å². The van der Waals surface area contributed by atoms with E-state index in [0.717, 1.165) is 12.1 Å². The van der Waals surface area contributed by atoms with Crippen molar-refractivity contribution in [2.75, 3.05) is 0 Å². The molecule has 0 aromatic heterocycles. The number of alkyl halides is 3. The van der Waals surface area contributed by atoms with Crippen molar-refractivity contribution < 1.29 is 31.2 Å². The van der Waals surface area contributed by atoms with Gasteiger partial charge in [0.15, 0.2) is 0 Å². The molecule has 1 heterocycles. The van der Waals surface area contributed by atoms with Crippen LogP contribution in [0.2, 0.25) is 0 Å². The van der Waals surface area contributed by atoms with Crippen LogP contribution in [0.25, 0.3) is 0 Å². The summed E-state index contributed by atoms with van der Waals surface area (Å²) in [5, 5.41) is 4.57. The highest BCUT2D eigenvalue weighted by Gasteiger charge is 2.65. The highest BCUT2D eigenvalue weighted by molar-refractivity contribution is 7.92. The van der Waals surface area contributed by atoms with Gasteiger partial charge in [0.05, 0.1) is 4.90 Å². The van der Waals surface area contributed by atoms with E-state index in [9.17, 15) is 31.2 Å². The molecule has 1 aliphatic heterocycles. The second-order valence-electron chi connectivity index (χ2n) is 5.15. The minimum absolute atomic E-state index is 0.315. The van der Waals surface area contributed by atoms with Gasteiger partial charge in [0.25, 0.3) is 15.7 Å². The molecule has 0 bridgehead atoms. The zero-order chi connectivity index (χ0) is 16.3. The zero-order valence-electron chi connectivity index (χ0n) is 10.8. The molecular weight excluding hydrogens is 325 g/mol. The van der Waals surface area contributed by atoms with Gasteiger partial charge in [-0.05, 0) is 24.1 Å². The molecule has 3 rings (SSSR count). The molecule has 2 unspecified atom stereocenters. The van der Waals surface area contributed by atoms with E-state index < -0.39 is 37.7 Å². The van der Waals surface area contributed by atoms with E-state index in [2.05, 4.69) is 10.6 Å². The second kappa shape index (κ2) is 4.22. The number of hydrogen-bond donors (Lipinski definition) is 2. The number of nitrogens with one attached hydrogen (secondary N) is 2. The first-order valence-electron chi connectivity index (χ1n) is 6.13. The van der Waals surface area contributed by atoms with E-state index in [1.807, 2.05) is 0 Å². The number of amides is 3. The Bertz CT molecular complexity index is 773. The molecule has 10 heteroatoms. The smallest absolute Gasteiger partial charge is 0.323 e. The van der Waals surface area contributed by atoms with Crippen molar-refractivity contribution in [3.8, 4) is 0 Å². The molecule has 2 fully saturated rings. The lowest BCUT2D eigenvalue weighted by atomic mass is 10.1. The number of carbonyl (C=O) groups is 2. The maximum absolute atomic E-state index is 12.4. The van der Waals surface area contributed by atoms with Gasteiger partial charge in [0.2, 0.25) is 0 Å². The molecule has 1 saturated heterocycles. The first-order valence-corrected chi connectivity index (χ1v) is 7.61. The lowest BCUT2D eigenvalue weighted by Crippen LogP contribution is -2.33. The Labute approximate surface area is 122 Å². The average molecular weight is 334 g/mol. The highest BCUT2D eigenvalue weighted by Crippen LogP contribution is 2.53. The summed E-state index contributed by atoms with van der Waals surface area (Å²) in [5.41, 5.74) is -5.95. The first-order chi connectivity index (χ1) is 10.1. The van der Waals surface area contributed by atoms with Crippen molar-refractivity contribution >= 4 is 21.8 Å². The predicted octanol–water partition coefficient (Wildman–Crippen LogP) is 1.05. The van der Waals surface area contributed by atoms with Crippen LogP contribution in [0.15, 0.2) is 29.2 Å². The van der Waals surface area contributed by atoms with E-state index in [1.165, 1.54) is 12.1 Å². The van der Waals surface area contributed by atoms with Gasteiger partial charge in [-0.25, -0.2) is 13.2 Å². The third kappa shape index (κ3) is 1.97. The van der Waals surface area contributed by atoms with E-state index in [1.54, 1.807) is 0 Å². The number of rotatable bonds is 2. The number of benzene rings is 1. The van der Waals surface area contributed by atoms with Crippen LogP contribution in [-0.4, -0.2) is 31.4 Å². The third-order valence-electron chi connectivity index (χ3n) is 3.83. The predicted molar refractivity (Wildman–Crippen MR) is 66.4 cm³/mol. The number of urea groups is 1. The monoisotopic (exact) mass is 334 g/mol. The van der Waals surface area contributed by atoms with Crippen LogP contribution in [0.3, 0.4) is 0 Å². The largest absolute Gasteiger partial charge is 0.501 e. The fraction of sp³-hybridized carbons (Fsp3) is 0.333. The summed E-state index contributed by atoms with van der Waals surface area (Å²) in [6.45, 7) is 0. The third-order valence-corrected chi connectivity index (χ3v) is 5.33. The van der Waals surface area contributed by atoms with Crippen molar-refractivity contribution in [3.05, 3.63) is 29.8 Å². The van der Waals surface area contributed by atoms with Crippen LogP contribution in [-0.2, 0) is 14.6 Å². The van der Waals surface area contributed by atoms with Crippen LogP contribution in [0.5, 0.6) is 0 Å². The Morgan fingerprint density at radius 3 is 2.18 bits per heavy atom. The molecule has 1 aromatic rings. The van der Waals surface area contributed by atoms with Crippen molar-refractivity contribution in [2.45, 2.75) is 28.3 Å². The molecular formula is C12H9F3N2O4S. The van der Waals surface area contributed by atoms with Crippen LogP contribution in [0.4, 0.5) is 18.0 Å². The summed E-state index contributed by atoms with van der Waals surface area (Å²) in [6.07, 6.45) is 0.315. The normalized spacial score (nSPS) is 27.7. The van der Waals surface area contributed by atoms with Crippen molar-refractivity contribution in [1.29, 1.82) is 0 Å². The number of carbonyl (C=O) groups excluding carboxylic acids is 2. The Morgan fingerprint density at radius 2 is 1.73 bits per heavy atom. The molecule has 22 heavy (non-hydrogen) atoms. The Hall–Kier alpha value is -2.10. The van der Waals surface area contributed by atoms with Crippen molar-refractivity contribution in [3.63, 3.8) is 0 Å². The van der Waals surface area contributed by atoms with Gasteiger partial charge in [-0.2, -0.15) is 13.2 Å². The number of imide groups is 1. The van der Waals surface area contributed by atoms with E-state index >= 15 is 0 Å². The summed E-state index contributed by atoms with van der Waals surface area (Å²) in [7, 11) is -5.39. The van der Waals surface area contributed by atoms with Crippen molar-refractivity contribution in [1.82, 2.24) is 10.6 Å². The fourth-order valence-electron chi connectivity index (χ4n) is 2.57. The van der Waals surface area contributed by atoms with Crippen LogP contribution < -0.4 is 10.6 Å². The summed E-state index contributed by atoms with van der Waals surface area (Å²) < 4.78 is 59.8. The molecule has 1 aromatic carbocycles. The summed E-state index contributed by atoms with van der Waals surface area (Å²) in [5.74, 6) is -0.879. The molecule has 1 spiro atoms. The Kier molecular flexibility index (Phi) is 2.84. The van der Waals surface area contributed by atoms with E-state index in [0.29, 0.717) is 12.0 Å². The number of hydrogen-bond acceptors (Lipinski definition) is 4. The molecule has 3 amide bonds. The molecule has 2 atom stereocenters. The van der Waals surface area contributed by atoms with Crippen LogP contribution >= 0.6 is 0 Å². The maximum Gasteiger partial charge on any atom is 0.501 e. The molecule has 1 saturated carbocycles. The van der Waals surface area contributed by atoms with Gasteiger partial charge >= 0.3 is 11.5 Å². The first kappa shape index (κ1) is 14.8. The standard InChI is InChI=1S/C12H9F3N2O4S/c13-12(14,15)22(20,21)7-3-1-6(2-4-7)8-5-11(8)9(18)16-10(19)17-11/h1-4,8H,5H2,(H2,16,17,18,19). The van der Waals surface area contributed by atoms with Gasteiger partial charge in [-0.3, -0.25) is 10.1 Å². The molecule has 118 valence electrons. The average Bonchev–Trinajstić information content (AvgIpc) is 3.05.